The highest BCUT2D eigenvalue weighted by Gasteiger charge is 2.08. The zero-order chi connectivity index (χ0) is 12.4. The summed E-state index contributed by atoms with van der Waals surface area (Å²) in [5.41, 5.74) is 1.80. The molecule has 0 atom stereocenters. The average molecular weight is 252 g/mol. The van der Waals surface area contributed by atoms with Gasteiger partial charge in [0.2, 0.25) is 5.95 Å². The standard InChI is InChI=1S/C12H11ClFN3/c1-7-3-10(13)9(4-11(7)14)8-5-16-12(15-2)17-6-8/h3-6H,1-2H3,(H,15,16,17). The first-order valence-corrected chi connectivity index (χ1v) is 5.45. The fourth-order valence-corrected chi connectivity index (χ4v) is 1.79. The highest BCUT2D eigenvalue weighted by atomic mass is 35.5. The number of aryl methyl sites for hydroxylation is 1. The second kappa shape index (κ2) is 4.67. The van der Waals surface area contributed by atoms with E-state index in [2.05, 4.69) is 15.3 Å². The van der Waals surface area contributed by atoms with Crippen LogP contribution in [0.4, 0.5) is 10.3 Å². The summed E-state index contributed by atoms with van der Waals surface area (Å²) in [5, 5.41) is 3.30. The first kappa shape index (κ1) is 11.8. The molecular formula is C12H11ClFN3. The van der Waals surface area contributed by atoms with Crippen molar-refractivity contribution in [2.75, 3.05) is 12.4 Å². The van der Waals surface area contributed by atoms with Gasteiger partial charge in [-0.2, -0.15) is 0 Å². The summed E-state index contributed by atoms with van der Waals surface area (Å²) >= 11 is 6.07. The molecule has 17 heavy (non-hydrogen) atoms. The van der Waals surface area contributed by atoms with Crippen LogP contribution in [0.15, 0.2) is 24.5 Å². The first-order chi connectivity index (χ1) is 8.11. The summed E-state index contributed by atoms with van der Waals surface area (Å²) in [7, 11) is 1.73. The Kier molecular flexibility index (Phi) is 3.24. The van der Waals surface area contributed by atoms with Gasteiger partial charge in [0, 0.05) is 35.6 Å². The average Bonchev–Trinajstić information content (AvgIpc) is 2.34. The van der Waals surface area contributed by atoms with Gasteiger partial charge in [-0.3, -0.25) is 0 Å². The molecule has 2 rings (SSSR count). The Morgan fingerprint density at radius 3 is 2.47 bits per heavy atom. The summed E-state index contributed by atoms with van der Waals surface area (Å²) in [4.78, 5) is 8.13. The molecule has 1 heterocycles. The van der Waals surface area contributed by atoms with Crippen molar-refractivity contribution in [3.63, 3.8) is 0 Å². The molecule has 1 N–H and O–H groups in total. The van der Waals surface area contributed by atoms with Crippen LogP contribution in [0.25, 0.3) is 11.1 Å². The fourth-order valence-electron chi connectivity index (χ4n) is 1.46. The van der Waals surface area contributed by atoms with E-state index in [1.165, 1.54) is 6.07 Å². The second-order valence-electron chi connectivity index (χ2n) is 3.63. The van der Waals surface area contributed by atoms with Crippen molar-refractivity contribution in [3.05, 3.63) is 40.9 Å². The maximum Gasteiger partial charge on any atom is 0.222 e. The third-order valence-electron chi connectivity index (χ3n) is 2.43. The Balaban J connectivity index is 2.48. The molecule has 1 aromatic heterocycles. The Morgan fingerprint density at radius 2 is 1.88 bits per heavy atom. The second-order valence-corrected chi connectivity index (χ2v) is 4.03. The molecule has 0 saturated carbocycles. The van der Waals surface area contributed by atoms with Gasteiger partial charge in [-0.05, 0) is 24.6 Å². The van der Waals surface area contributed by atoms with E-state index in [0.717, 1.165) is 0 Å². The lowest BCUT2D eigenvalue weighted by molar-refractivity contribution is 0.619. The third-order valence-corrected chi connectivity index (χ3v) is 2.75. The normalized spacial score (nSPS) is 10.4. The number of aromatic nitrogens is 2. The largest absolute Gasteiger partial charge is 0.357 e. The number of halogens is 2. The minimum Gasteiger partial charge on any atom is -0.357 e. The van der Waals surface area contributed by atoms with Crippen LogP contribution in [-0.2, 0) is 0 Å². The van der Waals surface area contributed by atoms with E-state index in [-0.39, 0.29) is 5.82 Å². The minimum absolute atomic E-state index is 0.290. The summed E-state index contributed by atoms with van der Waals surface area (Å²) in [6, 6.07) is 2.99. The molecule has 2 aromatic rings. The summed E-state index contributed by atoms with van der Waals surface area (Å²) in [5.74, 6) is 0.222. The Morgan fingerprint density at radius 1 is 1.24 bits per heavy atom. The van der Waals surface area contributed by atoms with Crippen LogP contribution in [0, 0.1) is 12.7 Å². The molecule has 88 valence electrons. The molecule has 0 aliphatic rings. The van der Waals surface area contributed by atoms with Crippen LogP contribution in [-0.4, -0.2) is 17.0 Å². The lowest BCUT2D eigenvalue weighted by atomic mass is 10.1. The lowest BCUT2D eigenvalue weighted by Crippen LogP contribution is -1.96. The van der Waals surface area contributed by atoms with E-state index in [0.29, 0.717) is 27.7 Å². The maximum atomic E-state index is 13.5. The van der Waals surface area contributed by atoms with Crippen LogP contribution >= 0.6 is 11.6 Å². The first-order valence-electron chi connectivity index (χ1n) is 5.07. The van der Waals surface area contributed by atoms with Crippen molar-refractivity contribution in [3.8, 4) is 11.1 Å². The van der Waals surface area contributed by atoms with E-state index >= 15 is 0 Å². The highest BCUT2D eigenvalue weighted by molar-refractivity contribution is 6.33. The fraction of sp³-hybridized carbons (Fsp3) is 0.167. The van der Waals surface area contributed by atoms with Crippen LogP contribution in [0.2, 0.25) is 5.02 Å². The smallest absolute Gasteiger partial charge is 0.222 e. The predicted octanol–water partition coefficient (Wildman–Crippen LogP) is 3.29. The molecule has 0 fully saturated rings. The van der Waals surface area contributed by atoms with Crippen molar-refractivity contribution in [2.45, 2.75) is 6.92 Å². The molecule has 1 aromatic carbocycles. The van der Waals surface area contributed by atoms with Crippen molar-refractivity contribution in [1.82, 2.24) is 9.97 Å². The van der Waals surface area contributed by atoms with Crippen molar-refractivity contribution in [1.29, 1.82) is 0 Å². The van der Waals surface area contributed by atoms with Gasteiger partial charge in [-0.1, -0.05) is 11.6 Å². The summed E-state index contributed by atoms with van der Waals surface area (Å²) < 4.78 is 13.5. The maximum absolute atomic E-state index is 13.5. The van der Waals surface area contributed by atoms with Crippen LogP contribution in [0.5, 0.6) is 0 Å². The van der Waals surface area contributed by atoms with E-state index in [1.54, 1.807) is 32.4 Å². The molecule has 0 radical (unpaired) electrons. The molecular weight excluding hydrogens is 241 g/mol. The molecule has 5 heteroatoms. The number of hydrogen-bond donors (Lipinski definition) is 1. The number of rotatable bonds is 2. The molecule has 0 saturated heterocycles. The summed E-state index contributed by atoms with van der Waals surface area (Å²) in [6.45, 7) is 1.67. The van der Waals surface area contributed by atoms with Crippen LogP contribution in [0.3, 0.4) is 0 Å². The van der Waals surface area contributed by atoms with Crippen molar-refractivity contribution < 1.29 is 4.39 Å². The van der Waals surface area contributed by atoms with Gasteiger partial charge in [0.15, 0.2) is 0 Å². The lowest BCUT2D eigenvalue weighted by Gasteiger charge is -2.06. The molecule has 0 unspecified atom stereocenters. The number of anilines is 1. The Labute approximate surface area is 104 Å². The van der Waals surface area contributed by atoms with Crippen molar-refractivity contribution in [2.24, 2.45) is 0 Å². The van der Waals surface area contributed by atoms with Gasteiger partial charge in [0.1, 0.15) is 5.82 Å². The van der Waals surface area contributed by atoms with Gasteiger partial charge >= 0.3 is 0 Å². The molecule has 0 amide bonds. The molecule has 0 bridgehead atoms. The van der Waals surface area contributed by atoms with Crippen molar-refractivity contribution >= 4 is 17.5 Å². The van der Waals surface area contributed by atoms with Gasteiger partial charge in [0.25, 0.3) is 0 Å². The predicted molar refractivity (Wildman–Crippen MR) is 66.7 cm³/mol. The Bertz CT molecular complexity index is 540. The van der Waals surface area contributed by atoms with E-state index in [9.17, 15) is 4.39 Å². The van der Waals surface area contributed by atoms with E-state index in [4.69, 9.17) is 11.6 Å². The number of benzene rings is 1. The quantitative estimate of drug-likeness (QED) is 0.890. The van der Waals surface area contributed by atoms with Gasteiger partial charge in [0.05, 0.1) is 0 Å². The molecule has 0 aliphatic heterocycles. The Hall–Kier alpha value is -1.68. The molecule has 3 nitrogen and oxygen atoms in total. The minimum atomic E-state index is -0.290. The van der Waals surface area contributed by atoms with Gasteiger partial charge in [-0.15, -0.1) is 0 Å². The number of nitrogens with one attached hydrogen (secondary N) is 1. The molecule has 0 aliphatic carbocycles. The zero-order valence-corrected chi connectivity index (χ0v) is 10.2. The highest BCUT2D eigenvalue weighted by Crippen LogP contribution is 2.29. The van der Waals surface area contributed by atoms with E-state index < -0.39 is 0 Å². The topological polar surface area (TPSA) is 37.8 Å². The summed E-state index contributed by atoms with van der Waals surface area (Å²) in [6.07, 6.45) is 3.21. The molecule has 0 spiro atoms. The number of hydrogen-bond acceptors (Lipinski definition) is 3. The van der Waals surface area contributed by atoms with Crippen LogP contribution < -0.4 is 5.32 Å². The van der Waals surface area contributed by atoms with Gasteiger partial charge < -0.3 is 5.32 Å². The SMILES string of the molecule is CNc1ncc(-c2cc(F)c(C)cc2Cl)cn1. The van der Waals surface area contributed by atoms with Crippen LogP contribution in [0.1, 0.15) is 5.56 Å². The number of nitrogens with zero attached hydrogens (tertiary/aromatic N) is 2. The van der Waals surface area contributed by atoms with Gasteiger partial charge in [-0.25, -0.2) is 14.4 Å². The third kappa shape index (κ3) is 2.36. The van der Waals surface area contributed by atoms with E-state index in [1.807, 2.05) is 0 Å². The zero-order valence-electron chi connectivity index (χ0n) is 9.46. The monoisotopic (exact) mass is 251 g/mol.